The molecule has 0 aliphatic carbocycles. The molecule has 0 N–H and O–H groups in total. The molecule has 0 saturated carbocycles. The van der Waals surface area contributed by atoms with E-state index in [1.807, 2.05) is 30.5 Å². The number of allylic oxidation sites excluding steroid dienone is 5. The Labute approximate surface area is 173 Å². The van der Waals surface area contributed by atoms with Gasteiger partial charge in [0.15, 0.2) is 0 Å². The van der Waals surface area contributed by atoms with Gasteiger partial charge in [-0.25, -0.2) is 0 Å². The average molecular weight is 402 g/mol. The van der Waals surface area contributed by atoms with E-state index in [0.717, 1.165) is 44.7 Å². The zero-order chi connectivity index (χ0) is 20.2. The van der Waals surface area contributed by atoms with E-state index in [9.17, 15) is 4.79 Å². The molecule has 0 aromatic carbocycles. The Morgan fingerprint density at radius 3 is 2.64 bits per heavy atom. The lowest BCUT2D eigenvalue weighted by molar-refractivity contribution is -0.141. The van der Waals surface area contributed by atoms with Gasteiger partial charge in [0.25, 0.3) is 0 Å². The van der Waals surface area contributed by atoms with E-state index in [1.54, 1.807) is 11.8 Å². The molecule has 0 spiro atoms. The van der Waals surface area contributed by atoms with Crippen LogP contribution in [0.2, 0.25) is 0 Å². The number of pyridine rings is 1. The molecule has 0 amide bonds. The van der Waals surface area contributed by atoms with Gasteiger partial charge in [-0.3, -0.25) is 9.78 Å². The maximum absolute atomic E-state index is 10.8. The van der Waals surface area contributed by atoms with Crippen molar-refractivity contribution in [2.24, 2.45) is 0 Å². The molecule has 1 saturated heterocycles. The zero-order valence-electron chi connectivity index (χ0n) is 17.1. The number of nitrogens with zero attached hydrogens (tertiary/aromatic N) is 3. The predicted octanol–water partition coefficient (Wildman–Crippen LogP) is 3.99. The Balaban J connectivity index is 1.78. The Bertz CT molecular complexity index is 690. The highest BCUT2D eigenvalue weighted by molar-refractivity contribution is 8.02. The molecule has 0 bridgehead atoms. The fourth-order valence-electron chi connectivity index (χ4n) is 2.84. The Kier molecular flexibility index (Phi) is 9.86. The smallest absolute Gasteiger partial charge is 0.302 e. The summed E-state index contributed by atoms with van der Waals surface area (Å²) < 4.78 is 4.96. The third-order valence-electron chi connectivity index (χ3n) is 4.55. The molecule has 152 valence electrons. The molecule has 1 aliphatic heterocycles. The summed E-state index contributed by atoms with van der Waals surface area (Å²) in [5, 5.41) is 0. The maximum atomic E-state index is 10.8. The molecular weight excluding hydrogens is 370 g/mol. The number of thioether (sulfide) groups is 1. The fraction of sp³-hybridized carbons (Fsp3) is 0.455. The number of carbonyl (C=O) groups is 1. The summed E-state index contributed by atoms with van der Waals surface area (Å²) in [4.78, 5) is 21.3. The van der Waals surface area contributed by atoms with Crippen LogP contribution in [-0.2, 0) is 9.53 Å². The molecule has 2 heterocycles. The van der Waals surface area contributed by atoms with E-state index in [-0.39, 0.29) is 5.97 Å². The lowest BCUT2D eigenvalue weighted by Gasteiger charge is -2.33. The first kappa shape index (κ1) is 22.2. The largest absolute Gasteiger partial charge is 0.466 e. The van der Waals surface area contributed by atoms with Gasteiger partial charge in [0, 0.05) is 33.1 Å². The molecule has 0 unspecified atom stereocenters. The van der Waals surface area contributed by atoms with Gasteiger partial charge in [0.05, 0.1) is 24.2 Å². The zero-order valence-corrected chi connectivity index (χ0v) is 18.0. The van der Waals surface area contributed by atoms with Crippen molar-refractivity contribution in [2.75, 3.05) is 51.0 Å². The van der Waals surface area contributed by atoms with Crippen molar-refractivity contribution in [3.8, 4) is 0 Å². The topological polar surface area (TPSA) is 45.7 Å². The number of hydrogen-bond acceptors (Lipinski definition) is 6. The minimum absolute atomic E-state index is 0.218. The minimum atomic E-state index is -0.218. The maximum Gasteiger partial charge on any atom is 0.302 e. The Morgan fingerprint density at radius 1 is 1.21 bits per heavy atom. The number of piperazine rings is 1. The van der Waals surface area contributed by atoms with Crippen LogP contribution in [-0.4, -0.2) is 61.9 Å². The number of hydrogen-bond donors (Lipinski definition) is 0. The van der Waals surface area contributed by atoms with Crippen LogP contribution in [0.3, 0.4) is 0 Å². The lowest BCUT2D eigenvalue weighted by Crippen LogP contribution is -2.44. The van der Waals surface area contributed by atoms with Gasteiger partial charge in [0.1, 0.15) is 0 Å². The number of anilines is 1. The summed E-state index contributed by atoms with van der Waals surface area (Å²) in [5.74, 6) is -0.218. The van der Waals surface area contributed by atoms with Crippen LogP contribution in [0.5, 0.6) is 0 Å². The molecule has 0 atom stereocenters. The van der Waals surface area contributed by atoms with Crippen molar-refractivity contribution in [1.82, 2.24) is 9.88 Å². The fourth-order valence-corrected chi connectivity index (χ4v) is 3.41. The highest BCUT2D eigenvalue weighted by atomic mass is 32.2. The van der Waals surface area contributed by atoms with Crippen molar-refractivity contribution in [3.63, 3.8) is 0 Å². The number of aromatic nitrogens is 1. The van der Waals surface area contributed by atoms with E-state index >= 15 is 0 Å². The van der Waals surface area contributed by atoms with Gasteiger partial charge in [-0.1, -0.05) is 24.3 Å². The molecule has 1 aromatic rings. The van der Waals surface area contributed by atoms with E-state index in [0.29, 0.717) is 6.61 Å². The molecule has 2 rings (SSSR count). The molecule has 28 heavy (non-hydrogen) atoms. The van der Waals surface area contributed by atoms with Gasteiger partial charge in [-0.15, -0.1) is 11.8 Å². The summed E-state index contributed by atoms with van der Waals surface area (Å²) in [7, 11) is 2.16. The highest BCUT2D eigenvalue weighted by Crippen LogP contribution is 2.18. The second-order valence-corrected chi connectivity index (χ2v) is 7.69. The van der Waals surface area contributed by atoms with Crippen LogP contribution in [0.4, 0.5) is 5.69 Å². The number of esters is 1. The Morgan fingerprint density at radius 2 is 2.00 bits per heavy atom. The summed E-state index contributed by atoms with van der Waals surface area (Å²) in [5.41, 5.74) is 2.15. The summed E-state index contributed by atoms with van der Waals surface area (Å²) >= 11 is 1.72. The molecule has 6 heteroatoms. The first-order valence-corrected chi connectivity index (χ1v) is 10.9. The van der Waals surface area contributed by atoms with Crippen molar-refractivity contribution in [2.45, 2.75) is 19.8 Å². The van der Waals surface area contributed by atoms with Gasteiger partial charge >= 0.3 is 5.97 Å². The molecule has 1 aliphatic rings. The molecule has 1 fully saturated rings. The molecule has 0 radical (unpaired) electrons. The standard InChI is InChI=1S/C22H31N3O2S/c1-19(26)27-17-7-10-22(28-3)9-6-4-5-8-20-11-12-21(18-23-20)25-15-13-24(2)14-16-25/h4-6,8-9,11-12,18H,7,10,13-17H2,1-3H3/b6-4+,8-5+,22-9-. The van der Waals surface area contributed by atoms with Crippen LogP contribution >= 0.6 is 11.8 Å². The van der Waals surface area contributed by atoms with Crippen LogP contribution in [0, 0.1) is 0 Å². The lowest BCUT2D eigenvalue weighted by atomic mass is 10.2. The van der Waals surface area contributed by atoms with E-state index in [1.165, 1.54) is 17.5 Å². The SMILES string of the molecule is CS\C(=C/C=C/C=C/c1ccc(N2CCN(C)CC2)cn1)CCCOC(C)=O. The number of likely N-dealkylation sites (N-methyl/N-ethyl adjacent to an activating group) is 1. The van der Waals surface area contributed by atoms with E-state index < -0.39 is 0 Å². The summed E-state index contributed by atoms with van der Waals surface area (Å²) in [6.45, 7) is 6.23. The molecule has 5 nitrogen and oxygen atoms in total. The number of rotatable bonds is 9. The molecule has 1 aromatic heterocycles. The number of ether oxygens (including phenoxy) is 1. The second-order valence-electron chi connectivity index (χ2n) is 6.76. The van der Waals surface area contributed by atoms with E-state index in [4.69, 9.17) is 4.74 Å². The summed E-state index contributed by atoms with van der Waals surface area (Å²) in [6, 6.07) is 4.22. The van der Waals surface area contributed by atoms with Crippen molar-refractivity contribution < 1.29 is 9.53 Å². The van der Waals surface area contributed by atoms with Crippen molar-refractivity contribution in [3.05, 3.63) is 53.2 Å². The van der Waals surface area contributed by atoms with Crippen LogP contribution in [0.25, 0.3) is 6.08 Å². The predicted molar refractivity (Wildman–Crippen MR) is 120 cm³/mol. The first-order chi connectivity index (χ1) is 13.6. The van der Waals surface area contributed by atoms with Gasteiger partial charge in [-0.2, -0.15) is 0 Å². The first-order valence-electron chi connectivity index (χ1n) is 9.69. The Hall–Kier alpha value is -2.05. The summed E-state index contributed by atoms with van der Waals surface area (Å²) in [6.07, 6.45) is 16.0. The molecular formula is C22H31N3O2S. The third kappa shape index (κ3) is 8.31. The monoisotopic (exact) mass is 401 g/mol. The van der Waals surface area contributed by atoms with Gasteiger partial charge < -0.3 is 14.5 Å². The minimum Gasteiger partial charge on any atom is -0.466 e. The van der Waals surface area contributed by atoms with Gasteiger partial charge in [-0.05, 0) is 49.3 Å². The van der Waals surface area contributed by atoms with Crippen molar-refractivity contribution in [1.29, 1.82) is 0 Å². The second kappa shape index (κ2) is 12.4. The quantitative estimate of drug-likeness (QED) is 0.354. The van der Waals surface area contributed by atoms with Crippen LogP contribution in [0.15, 0.2) is 47.5 Å². The van der Waals surface area contributed by atoms with Crippen LogP contribution < -0.4 is 4.90 Å². The van der Waals surface area contributed by atoms with Crippen LogP contribution in [0.1, 0.15) is 25.5 Å². The average Bonchev–Trinajstić information content (AvgIpc) is 2.70. The third-order valence-corrected chi connectivity index (χ3v) is 5.41. The number of carbonyl (C=O) groups excluding carboxylic acids is 1. The highest BCUT2D eigenvalue weighted by Gasteiger charge is 2.13. The van der Waals surface area contributed by atoms with Crippen molar-refractivity contribution >= 4 is 29.5 Å². The van der Waals surface area contributed by atoms with Gasteiger partial charge in [0.2, 0.25) is 0 Å². The van der Waals surface area contributed by atoms with E-state index in [2.05, 4.69) is 46.3 Å². The normalized spacial score (nSPS) is 16.2.